The van der Waals surface area contributed by atoms with Crippen LogP contribution in [0.1, 0.15) is 30.1 Å². The van der Waals surface area contributed by atoms with Crippen molar-refractivity contribution in [2.45, 2.75) is 31.2 Å². The molecule has 3 heteroatoms. The molecule has 2 N–H and O–H groups in total. The summed E-state index contributed by atoms with van der Waals surface area (Å²) in [6.07, 6.45) is 5.53. The van der Waals surface area contributed by atoms with Crippen LogP contribution in [-0.4, -0.2) is 22.6 Å². The summed E-state index contributed by atoms with van der Waals surface area (Å²) in [5.41, 5.74) is 2.70. The van der Waals surface area contributed by atoms with Crippen molar-refractivity contribution < 1.29 is 0 Å². The number of nitrogens with one attached hydrogen (secondary N) is 2. The van der Waals surface area contributed by atoms with Crippen LogP contribution >= 0.6 is 0 Å². The lowest BCUT2D eigenvalue weighted by atomic mass is 9.81. The van der Waals surface area contributed by atoms with Gasteiger partial charge in [-0.15, -0.1) is 0 Å². The van der Waals surface area contributed by atoms with Crippen LogP contribution in [-0.2, 0) is 6.42 Å². The van der Waals surface area contributed by atoms with Gasteiger partial charge in [-0.25, -0.2) is 4.98 Å². The molecule has 1 saturated heterocycles. The van der Waals surface area contributed by atoms with Crippen LogP contribution in [0, 0.1) is 0 Å². The Morgan fingerprint density at radius 3 is 3.50 bits per heavy atom. The standard InChI is InChI=1S/C9H13N3/c1-2-10-7-3-6(1)9-8(4-7)11-5-12-9/h5-7,10H,1-4H2,(H,11,12). The number of imidazole rings is 1. The van der Waals surface area contributed by atoms with Gasteiger partial charge in [-0.1, -0.05) is 0 Å². The molecule has 3 rings (SSSR count). The molecule has 2 atom stereocenters. The fourth-order valence-corrected chi connectivity index (χ4v) is 2.50. The molecule has 1 fully saturated rings. The normalized spacial score (nSPS) is 33.0. The predicted molar refractivity (Wildman–Crippen MR) is 46.1 cm³/mol. The molecule has 3 nitrogen and oxygen atoms in total. The molecule has 0 amide bonds. The average molecular weight is 163 g/mol. The second-order valence-electron chi connectivity index (χ2n) is 3.84. The molecule has 0 spiro atoms. The lowest BCUT2D eigenvalue weighted by molar-refractivity contribution is 0.333. The molecule has 2 aliphatic rings. The molecule has 0 radical (unpaired) electrons. The highest BCUT2D eigenvalue weighted by Gasteiger charge is 2.31. The van der Waals surface area contributed by atoms with Crippen LogP contribution in [0.5, 0.6) is 0 Å². The van der Waals surface area contributed by atoms with E-state index in [1.54, 1.807) is 0 Å². The Morgan fingerprint density at radius 1 is 1.50 bits per heavy atom. The molecule has 1 aromatic heterocycles. The number of aromatic amines is 1. The monoisotopic (exact) mass is 163 g/mol. The SMILES string of the molecule is c1nc2c([nH]1)CC1CC2CCN1. The van der Waals surface area contributed by atoms with Gasteiger partial charge in [0.1, 0.15) is 0 Å². The van der Waals surface area contributed by atoms with Crippen LogP contribution < -0.4 is 5.32 Å². The van der Waals surface area contributed by atoms with Crippen LogP contribution in [0.2, 0.25) is 0 Å². The van der Waals surface area contributed by atoms with Crippen molar-refractivity contribution in [3.8, 4) is 0 Å². The largest absolute Gasteiger partial charge is 0.348 e. The van der Waals surface area contributed by atoms with Crippen LogP contribution in [0.4, 0.5) is 0 Å². The van der Waals surface area contributed by atoms with Gasteiger partial charge in [-0.05, 0) is 19.4 Å². The predicted octanol–water partition coefficient (Wildman–Crippen LogP) is 0.801. The van der Waals surface area contributed by atoms with Gasteiger partial charge in [0.25, 0.3) is 0 Å². The number of hydrogen-bond acceptors (Lipinski definition) is 2. The number of piperidine rings is 1. The third kappa shape index (κ3) is 0.829. The van der Waals surface area contributed by atoms with Gasteiger partial charge in [0.2, 0.25) is 0 Å². The van der Waals surface area contributed by atoms with Crippen LogP contribution in [0.3, 0.4) is 0 Å². The van der Waals surface area contributed by atoms with Crippen molar-refractivity contribution in [1.82, 2.24) is 15.3 Å². The van der Waals surface area contributed by atoms with Gasteiger partial charge in [-0.3, -0.25) is 0 Å². The summed E-state index contributed by atoms with van der Waals surface area (Å²) in [6.45, 7) is 1.17. The molecule has 0 aromatic carbocycles. The van der Waals surface area contributed by atoms with E-state index in [0.717, 1.165) is 12.3 Å². The minimum atomic E-state index is 0.705. The summed E-state index contributed by atoms with van der Waals surface area (Å²) in [5, 5.41) is 3.53. The van der Waals surface area contributed by atoms with Gasteiger partial charge < -0.3 is 10.3 Å². The van der Waals surface area contributed by atoms with Crippen molar-refractivity contribution in [2.75, 3.05) is 6.54 Å². The Hall–Kier alpha value is -0.830. The smallest absolute Gasteiger partial charge is 0.0925 e. The average Bonchev–Trinajstić information content (AvgIpc) is 2.53. The van der Waals surface area contributed by atoms with Gasteiger partial charge >= 0.3 is 0 Å². The van der Waals surface area contributed by atoms with Gasteiger partial charge in [0.15, 0.2) is 0 Å². The molecular formula is C9H13N3. The molecule has 1 aliphatic carbocycles. The fraction of sp³-hybridized carbons (Fsp3) is 0.667. The summed E-state index contributed by atoms with van der Waals surface area (Å²) >= 11 is 0. The highest BCUT2D eigenvalue weighted by Crippen LogP contribution is 2.34. The van der Waals surface area contributed by atoms with E-state index in [4.69, 9.17) is 0 Å². The molecular weight excluding hydrogens is 150 g/mol. The minimum absolute atomic E-state index is 0.705. The maximum absolute atomic E-state index is 4.39. The zero-order valence-electron chi connectivity index (χ0n) is 7.01. The van der Waals surface area contributed by atoms with E-state index in [1.807, 2.05) is 6.33 Å². The minimum Gasteiger partial charge on any atom is -0.348 e. The number of hydrogen-bond donors (Lipinski definition) is 2. The summed E-state index contributed by atoms with van der Waals surface area (Å²) < 4.78 is 0. The quantitative estimate of drug-likeness (QED) is 0.594. The maximum atomic E-state index is 4.39. The fourth-order valence-electron chi connectivity index (χ4n) is 2.50. The van der Waals surface area contributed by atoms with Crippen molar-refractivity contribution >= 4 is 0 Å². The van der Waals surface area contributed by atoms with Crippen molar-refractivity contribution in [3.05, 3.63) is 17.7 Å². The Labute approximate surface area is 71.6 Å². The number of rotatable bonds is 0. The number of aromatic nitrogens is 2. The molecule has 2 bridgehead atoms. The summed E-state index contributed by atoms with van der Waals surface area (Å²) in [4.78, 5) is 7.63. The van der Waals surface area contributed by atoms with E-state index in [0.29, 0.717) is 6.04 Å². The first-order chi connectivity index (χ1) is 5.93. The van der Waals surface area contributed by atoms with Gasteiger partial charge in [-0.2, -0.15) is 0 Å². The Morgan fingerprint density at radius 2 is 2.50 bits per heavy atom. The van der Waals surface area contributed by atoms with Gasteiger partial charge in [0.05, 0.1) is 12.0 Å². The van der Waals surface area contributed by atoms with Crippen molar-refractivity contribution in [2.24, 2.45) is 0 Å². The lowest BCUT2D eigenvalue weighted by Crippen LogP contribution is -2.42. The highest BCUT2D eigenvalue weighted by atomic mass is 15.0. The molecule has 12 heavy (non-hydrogen) atoms. The van der Waals surface area contributed by atoms with E-state index in [2.05, 4.69) is 15.3 Å². The first kappa shape index (κ1) is 6.66. The first-order valence-corrected chi connectivity index (χ1v) is 4.69. The second-order valence-corrected chi connectivity index (χ2v) is 3.84. The number of nitrogens with zero attached hydrogens (tertiary/aromatic N) is 1. The van der Waals surface area contributed by atoms with Crippen LogP contribution in [0.25, 0.3) is 0 Å². The van der Waals surface area contributed by atoms with E-state index in [9.17, 15) is 0 Å². The third-order valence-electron chi connectivity index (χ3n) is 3.08. The highest BCUT2D eigenvalue weighted by molar-refractivity contribution is 5.23. The Balaban J connectivity index is 2.04. The third-order valence-corrected chi connectivity index (χ3v) is 3.08. The lowest BCUT2D eigenvalue weighted by Gasteiger charge is -2.34. The zero-order chi connectivity index (χ0) is 7.97. The second kappa shape index (κ2) is 2.33. The molecule has 2 unspecified atom stereocenters. The molecule has 1 aliphatic heterocycles. The molecule has 2 heterocycles. The van der Waals surface area contributed by atoms with E-state index in [1.165, 1.54) is 30.8 Å². The molecule has 1 aromatic rings. The summed E-state index contributed by atoms with van der Waals surface area (Å²) in [7, 11) is 0. The van der Waals surface area contributed by atoms with Crippen molar-refractivity contribution in [3.63, 3.8) is 0 Å². The zero-order valence-corrected chi connectivity index (χ0v) is 7.01. The van der Waals surface area contributed by atoms with E-state index in [-0.39, 0.29) is 0 Å². The molecule has 64 valence electrons. The number of H-pyrrole nitrogens is 1. The maximum Gasteiger partial charge on any atom is 0.0925 e. The molecule has 0 saturated carbocycles. The topological polar surface area (TPSA) is 40.7 Å². The van der Waals surface area contributed by atoms with E-state index < -0.39 is 0 Å². The Kier molecular flexibility index (Phi) is 1.29. The van der Waals surface area contributed by atoms with E-state index >= 15 is 0 Å². The van der Waals surface area contributed by atoms with Crippen molar-refractivity contribution in [1.29, 1.82) is 0 Å². The Bertz CT molecular complexity index is 292. The van der Waals surface area contributed by atoms with Gasteiger partial charge in [0, 0.05) is 24.1 Å². The van der Waals surface area contributed by atoms with Crippen LogP contribution in [0.15, 0.2) is 6.33 Å². The first-order valence-electron chi connectivity index (χ1n) is 4.69. The summed E-state index contributed by atoms with van der Waals surface area (Å²) in [5.74, 6) is 0.728. The number of fused-ring (bicyclic) bond motifs is 4. The summed E-state index contributed by atoms with van der Waals surface area (Å²) in [6, 6.07) is 0.705.